The lowest BCUT2D eigenvalue weighted by Gasteiger charge is -2.32. The highest BCUT2D eigenvalue weighted by molar-refractivity contribution is 7.89. The van der Waals surface area contributed by atoms with E-state index in [2.05, 4.69) is 4.57 Å². The number of sulfonamides is 1. The van der Waals surface area contributed by atoms with Gasteiger partial charge in [0.05, 0.1) is 17.0 Å². The van der Waals surface area contributed by atoms with Crippen molar-refractivity contribution in [1.29, 1.82) is 0 Å². The first kappa shape index (κ1) is 22.8. The normalized spacial score (nSPS) is 15.6. The second-order valence-corrected chi connectivity index (χ2v) is 10.7. The molecule has 1 aliphatic rings. The molecule has 9 heteroatoms. The number of halogens is 1. The Bertz CT molecular complexity index is 1450. The Morgan fingerprint density at radius 3 is 2.41 bits per heavy atom. The predicted molar refractivity (Wildman–Crippen MR) is 133 cm³/mol. The maximum atomic E-state index is 13.3. The highest BCUT2D eigenvalue weighted by atomic mass is 35.5. The van der Waals surface area contributed by atoms with Gasteiger partial charge in [0.1, 0.15) is 17.1 Å². The standard InChI is InChI=1S/C25H25ClN4O3S/c1-17-8-10-22-25(27-17)30(24(28-22)18-6-4-3-5-7-18)19-12-14-29(15-13-19)34(31,32)20-9-11-23(33-2)21(26)16-20/h3-11,16,19H,12-15H2,1-2H3. The minimum Gasteiger partial charge on any atom is -0.495 e. The SMILES string of the molecule is COc1ccc(S(=O)(=O)N2CCC(n3c(-c4ccccc4)nc4ccc(C)nc43)CC2)cc1Cl. The lowest BCUT2D eigenvalue weighted by atomic mass is 10.1. The van der Waals surface area contributed by atoms with Gasteiger partial charge in [-0.3, -0.25) is 0 Å². The van der Waals surface area contributed by atoms with Crippen LogP contribution in [0.1, 0.15) is 24.6 Å². The molecule has 4 aromatic rings. The zero-order valence-electron chi connectivity index (χ0n) is 19.0. The molecule has 5 rings (SSSR count). The van der Waals surface area contributed by atoms with Crippen molar-refractivity contribution in [3.63, 3.8) is 0 Å². The Morgan fingerprint density at radius 1 is 1.00 bits per heavy atom. The Labute approximate surface area is 204 Å². The lowest BCUT2D eigenvalue weighted by Crippen LogP contribution is -2.39. The van der Waals surface area contributed by atoms with Gasteiger partial charge in [0.2, 0.25) is 10.0 Å². The zero-order valence-corrected chi connectivity index (χ0v) is 20.6. The van der Waals surface area contributed by atoms with Crippen LogP contribution in [-0.4, -0.2) is 47.5 Å². The molecule has 1 fully saturated rings. The third kappa shape index (κ3) is 4.06. The van der Waals surface area contributed by atoms with Gasteiger partial charge in [-0.2, -0.15) is 4.31 Å². The highest BCUT2D eigenvalue weighted by Crippen LogP contribution is 2.35. The smallest absolute Gasteiger partial charge is 0.243 e. The van der Waals surface area contributed by atoms with E-state index in [1.54, 1.807) is 6.07 Å². The molecule has 0 atom stereocenters. The Balaban J connectivity index is 1.45. The molecule has 2 aromatic carbocycles. The first-order valence-corrected chi connectivity index (χ1v) is 12.9. The number of nitrogens with zero attached hydrogens (tertiary/aromatic N) is 4. The summed E-state index contributed by atoms with van der Waals surface area (Å²) in [7, 11) is -2.16. The number of ether oxygens (including phenoxy) is 1. The van der Waals surface area contributed by atoms with Crippen LogP contribution >= 0.6 is 11.6 Å². The zero-order chi connectivity index (χ0) is 23.9. The molecular formula is C25H25ClN4O3S. The van der Waals surface area contributed by atoms with Gasteiger partial charge in [0.25, 0.3) is 0 Å². The van der Waals surface area contributed by atoms with Gasteiger partial charge in [0.15, 0.2) is 5.65 Å². The molecule has 34 heavy (non-hydrogen) atoms. The van der Waals surface area contributed by atoms with E-state index in [9.17, 15) is 8.42 Å². The van der Waals surface area contributed by atoms with E-state index >= 15 is 0 Å². The molecule has 0 unspecified atom stereocenters. The van der Waals surface area contributed by atoms with Gasteiger partial charge < -0.3 is 9.30 Å². The van der Waals surface area contributed by atoms with Crippen LogP contribution in [0.3, 0.4) is 0 Å². The summed E-state index contributed by atoms with van der Waals surface area (Å²) in [5, 5.41) is 0.275. The molecule has 7 nitrogen and oxygen atoms in total. The fourth-order valence-corrected chi connectivity index (χ4v) is 6.32. The van der Waals surface area contributed by atoms with Crippen molar-refractivity contribution in [2.24, 2.45) is 0 Å². The molecule has 1 aliphatic heterocycles. The van der Waals surface area contributed by atoms with Crippen LogP contribution in [0.15, 0.2) is 65.6 Å². The average molecular weight is 497 g/mol. The van der Waals surface area contributed by atoms with Gasteiger partial charge in [-0.15, -0.1) is 0 Å². The number of imidazole rings is 1. The number of piperidine rings is 1. The lowest BCUT2D eigenvalue weighted by molar-refractivity contribution is 0.278. The number of aromatic nitrogens is 3. The van der Waals surface area contributed by atoms with Crippen LogP contribution in [0, 0.1) is 6.92 Å². The average Bonchev–Trinajstić information content (AvgIpc) is 3.23. The number of rotatable bonds is 5. The maximum Gasteiger partial charge on any atom is 0.243 e. The summed E-state index contributed by atoms with van der Waals surface area (Å²) in [4.78, 5) is 9.84. The molecule has 3 heterocycles. The largest absolute Gasteiger partial charge is 0.495 e. The third-order valence-corrected chi connectivity index (χ3v) is 8.45. The van der Waals surface area contributed by atoms with Crippen molar-refractivity contribution in [2.75, 3.05) is 20.2 Å². The first-order valence-electron chi connectivity index (χ1n) is 11.1. The number of pyridine rings is 1. The molecule has 0 saturated carbocycles. The van der Waals surface area contributed by atoms with Crippen LogP contribution in [0.5, 0.6) is 5.75 Å². The number of fused-ring (bicyclic) bond motifs is 1. The summed E-state index contributed by atoms with van der Waals surface area (Å²) in [6, 6.07) is 18.7. The summed E-state index contributed by atoms with van der Waals surface area (Å²) in [5.41, 5.74) is 3.61. The molecule has 2 aromatic heterocycles. The van der Waals surface area contributed by atoms with Gasteiger partial charge in [-0.1, -0.05) is 41.9 Å². The van der Waals surface area contributed by atoms with Crippen LogP contribution in [0.4, 0.5) is 0 Å². The summed E-state index contributed by atoms with van der Waals surface area (Å²) >= 11 is 6.18. The van der Waals surface area contributed by atoms with E-state index in [0.29, 0.717) is 31.7 Å². The highest BCUT2D eigenvalue weighted by Gasteiger charge is 2.32. The van der Waals surface area contributed by atoms with E-state index in [1.165, 1.54) is 23.5 Å². The minimum absolute atomic E-state index is 0.0837. The predicted octanol–water partition coefficient (Wildman–Crippen LogP) is 5.09. The van der Waals surface area contributed by atoms with Crippen LogP contribution in [0.25, 0.3) is 22.6 Å². The van der Waals surface area contributed by atoms with Gasteiger partial charge >= 0.3 is 0 Å². The van der Waals surface area contributed by atoms with Crippen molar-refractivity contribution < 1.29 is 13.2 Å². The van der Waals surface area contributed by atoms with Gasteiger partial charge in [0, 0.05) is 30.4 Å². The number of methoxy groups -OCH3 is 1. The van der Waals surface area contributed by atoms with Crippen molar-refractivity contribution in [2.45, 2.75) is 30.7 Å². The van der Waals surface area contributed by atoms with E-state index < -0.39 is 10.0 Å². The topological polar surface area (TPSA) is 77.3 Å². The molecule has 0 spiro atoms. The maximum absolute atomic E-state index is 13.3. The Morgan fingerprint density at radius 2 is 1.74 bits per heavy atom. The van der Waals surface area contributed by atoms with Crippen molar-refractivity contribution >= 4 is 32.8 Å². The quantitative estimate of drug-likeness (QED) is 0.384. The molecule has 176 valence electrons. The number of hydrogen-bond donors (Lipinski definition) is 0. The molecule has 0 aliphatic carbocycles. The fraction of sp³-hybridized carbons (Fsp3) is 0.280. The first-order chi connectivity index (χ1) is 16.4. The van der Waals surface area contributed by atoms with Crippen molar-refractivity contribution in [1.82, 2.24) is 18.8 Å². The van der Waals surface area contributed by atoms with Crippen molar-refractivity contribution in [3.8, 4) is 17.1 Å². The monoisotopic (exact) mass is 496 g/mol. The number of benzene rings is 2. The minimum atomic E-state index is -3.66. The molecule has 0 N–H and O–H groups in total. The second kappa shape index (κ2) is 9.02. The molecule has 0 bridgehead atoms. The van der Waals surface area contributed by atoms with Crippen molar-refractivity contribution in [3.05, 3.63) is 71.4 Å². The van der Waals surface area contributed by atoms with E-state index in [0.717, 1.165) is 28.2 Å². The van der Waals surface area contributed by atoms with Crippen LogP contribution in [0.2, 0.25) is 5.02 Å². The summed E-state index contributed by atoms with van der Waals surface area (Å²) in [5.74, 6) is 1.31. The van der Waals surface area contributed by atoms with Gasteiger partial charge in [-0.05, 0) is 50.1 Å². The third-order valence-electron chi connectivity index (χ3n) is 6.26. The number of aryl methyl sites for hydroxylation is 1. The van der Waals surface area contributed by atoms with Crippen LogP contribution in [-0.2, 0) is 10.0 Å². The fourth-order valence-electron chi connectivity index (χ4n) is 4.50. The molecule has 0 amide bonds. The van der Waals surface area contributed by atoms with Crippen LogP contribution < -0.4 is 4.74 Å². The summed E-state index contributed by atoms with van der Waals surface area (Å²) < 4.78 is 35.4. The Hall–Kier alpha value is -2.94. The van der Waals surface area contributed by atoms with E-state index in [4.69, 9.17) is 26.3 Å². The molecular weight excluding hydrogens is 472 g/mol. The van der Waals surface area contributed by atoms with Gasteiger partial charge in [-0.25, -0.2) is 18.4 Å². The van der Waals surface area contributed by atoms with E-state index in [-0.39, 0.29) is 16.0 Å². The Kier molecular flexibility index (Phi) is 6.06. The molecule has 0 radical (unpaired) electrons. The van der Waals surface area contributed by atoms with E-state index in [1.807, 2.05) is 49.4 Å². The summed E-state index contributed by atoms with van der Waals surface area (Å²) in [6.45, 7) is 2.76. The molecule has 1 saturated heterocycles. The second-order valence-electron chi connectivity index (χ2n) is 8.40. The number of hydrogen-bond acceptors (Lipinski definition) is 5. The summed E-state index contributed by atoms with van der Waals surface area (Å²) in [6.07, 6.45) is 1.31.